The highest BCUT2D eigenvalue weighted by atomic mass is 79.9. The van der Waals surface area contributed by atoms with Gasteiger partial charge in [-0.15, -0.1) is 17.0 Å². The topological polar surface area (TPSA) is 131 Å². The van der Waals surface area contributed by atoms with Crippen LogP contribution in [-0.4, -0.2) is 70.4 Å². The van der Waals surface area contributed by atoms with Crippen LogP contribution in [-0.2, 0) is 19.1 Å². The third-order valence-electron chi connectivity index (χ3n) is 5.28. The largest absolute Gasteiger partial charge is 0.497 e. The van der Waals surface area contributed by atoms with Crippen molar-refractivity contribution >= 4 is 90.9 Å². The number of benzene rings is 2. The molecule has 0 saturated carbocycles. The van der Waals surface area contributed by atoms with Gasteiger partial charge < -0.3 is 33.9 Å². The number of nitrogens with zero attached hydrogens (tertiary/aromatic N) is 1. The molecule has 42 heavy (non-hydrogen) atoms. The first-order chi connectivity index (χ1) is 19.8. The number of esters is 2. The number of imidazole rings is 2. The van der Waals surface area contributed by atoms with E-state index in [9.17, 15) is 9.59 Å². The molecule has 2 heterocycles. The molecule has 0 bridgehead atoms. The van der Waals surface area contributed by atoms with E-state index >= 15 is 0 Å². The van der Waals surface area contributed by atoms with Gasteiger partial charge >= 0.3 is 11.9 Å². The van der Waals surface area contributed by atoms with Gasteiger partial charge in [0.1, 0.15) is 11.5 Å². The van der Waals surface area contributed by atoms with E-state index in [1.54, 1.807) is 26.0 Å². The zero-order chi connectivity index (χ0) is 30.0. The van der Waals surface area contributed by atoms with E-state index in [1.165, 1.54) is 0 Å². The molecule has 2 aromatic heterocycles. The van der Waals surface area contributed by atoms with Gasteiger partial charge in [-0.1, -0.05) is 27.7 Å². The van der Waals surface area contributed by atoms with Gasteiger partial charge in [0.05, 0.1) is 49.5 Å². The van der Waals surface area contributed by atoms with Crippen LogP contribution in [0.3, 0.4) is 0 Å². The fourth-order valence-corrected chi connectivity index (χ4v) is 4.69. The summed E-state index contributed by atoms with van der Waals surface area (Å²) in [4.78, 5) is 35.5. The third-order valence-corrected chi connectivity index (χ3v) is 7.00. The summed E-state index contributed by atoms with van der Waals surface area (Å²) in [5.74, 6) is 2.22. The van der Waals surface area contributed by atoms with Crippen LogP contribution in [0, 0.1) is 4.77 Å². The molecule has 10 nitrogen and oxygen atoms in total. The fraction of sp³-hybridized carbons (Fsp3) is 0.429. The molecule has 0 aliphatic rings. The Hall–Kier alpha value is -2.55. The van der Waals surface area contributed by atoms with Gasteiger partial charge in [0.15, 0.2) is 9.93 Å². The molecule has 0 aliphatic carbocycles. The fourth-order valence-electron chi connectivity index (χ4n) is 3.36. The molecule has 4 rings (SSSR count). The number of aromatic amines is 3. The number of thioether (sulfide) groups is 1. The van der Waals surface area contributed by atoms with Gasteiger partial charge in [-0.2, -0.15) is 0 Å². The molecule has 0 saturated heterocycles. The number of hydrogen-bond acceptors (Lipinski definition) is 9. The van der Waals surface area contributed by atoms with E-state index < -0.39 is 0 Å². The summed E-state index contributed by atoms with van der Waals surface area (Å²) in [5.41, 5.74) is 3.84. The molecule has 0 spiro atoms. The third kappa shape index (κ3) is 13.6. The maximum absolute atomic E-state index is 11.2. The molecule has 3 N–H and O–H groups in total. The van der Waals surface area contributed by atoms with Crippen LogP contribution >= 0.6 is 56.9 Å². The van der Waals surface area contributed by atoms with Gasteiger partial charge in [-0.05, 0) is 63.2 Å². The molecule has 4 aromatic rings. The highest BCUT2D eigenvalue weighted by Crippen LogP contribution is 2.23. The van der Waals surface area contributed by atoms with E-state index in [0.29, 0.717) is 30.8 Å². The van der Waals surface area contributed by atoms with Gasteiger partial charge in [-0.25, -0.2) is 4.98 Å². The van der Waals surface area contributed by atoms with Crippen molar-refractivity contribution in [3.8, 4) is 11.5 Å². The molecule has 0 atom stereocenters. The molecule has 0 radical (unpaired) electrons. The average molecular weight is 751 g/mol. The Kier molecular flexibility index (Phi) is 18.9. The predicted molar refractivity (Wildman–Crippen MR) is 179 cm³/mol. The first kappa shape index (κ1) is 37.5. The Morgan fingerprint density at radius 3 is 2.02 bits per heavy atom. The minimum atomic E-state index is -0.137. The summed E-state index contributed by atoms with van der Waals surface area (Å²) >= 11 is 9.77. The van der Waals surface area contributed by atoms with Crippen LogP contribution in [0.2, 0.25) is 0 Å². The van der Waals surface area contributed by atoms with Crippen LogP contribution in [0.4, 0.5) is 0 Å². The van der Waals surface area contributed by atoms with E-state index in [1.807, 2.05) is 50.2 Å². The molecular formula is C28H38Br2N4O6S2. The lowest BCUT2D eigenvalue weighted by Gasteiger charge is -2.00. The van der Waals surface area contributed by atoms with Crippen molar-refractivity contribution in [1.29, 1.82) is 0 Å². The lowest BCUT2D eigenvalue weighted by Crippen LogP contribution is -2.03. The SMILES string of the molecule is Br.CCOC(=O)CCCBr.CCOC(=O)CCCSc1nc2ccc(OC)cc2[nH]1.COc1ccc2[nH]c(=S)[nH]c2c1. The lowest BCUT2D eigenvalue weighted by atomic mass is 10.3. The number of H-pyrrole nitrogens is 3. The Morgan fingerprint density at radius 1 is 0.857 bits per heavy atom. The number of hydrogen-bond donors (Lipinski definition) is 3. The van der Waals surface area contributed by atoms with Crippen molar-refractivity contribution in [2.75, 3.05) is 38.5 Å². The van der Waals surface area contributed by atoms with E-state index in [-0.39, 0.29) is 28.9 Å². The summed E-state index contributed by atoms with van der Waals surface area (Å²) in [6.07, 6.45) is 2.62. The summed E-state index contributed by atoms with van der Waals surface area (Å²) in [6, 6.07) is 11.5. The van der Waals surface area contributed by atoms with Crippen molar-refractivity contribution < 1.29 is 28.5 Å². The molecule has 0 fully saturated rings. The number of ether oxygens (including phenoxy) is 4. The monoisotopic (exact) mass is 748 g/mol. The normalized spacial score (nSPS) is 10.0. The number of carbonyl (C=O) groups excluding carboxylic acids is 2. The van der Waals surface area contributed by atoms with Crippen LogP contribution in [0.15, 0.2) is 41.6 Å². The zero-order valence-corrected chi connectivity index (χ0v) is 29.1. The Bertz CT molecular complexity index is 1430. The summed E-state index contributed by atoms with van der Waals surface area (Å²) in [5, 5.41) is 1.73. The highest BCUT2D eigenvalue weighted by Gasteiger charge is 2.06. The Balaban J connectivity index is 0.000000342. The molecule has 14 heteroatoms. The van der Waals surface area contributed by atoms with Gasteiger partial charge in [0.2, 0.25) is 0 Å². The number of halogens is 2. The van der Waals surface area contributed by atoms with E-state index in [4.69, 9.17) is 26.4 Å². The number of nitrogens with one attached hydrogen (secondary N) is 3. The molecule has 0 aliphatic heterocycles. The first-order valence-corrected chi connectivity index (χ1v) is 15.6. The van der Waals surface area contributed by atoms with Gasteiger partial charge in [-0.3, -0.25) is 9.59 Å². The van der Waals surface area contributed by atoms with Crippen LogP contribution in [0.5, 0.6) is 11.5 Å². The average Bonchev–Trinajstić information content (AvgIpc) is 3.56. The van der Waals surface area contributed by atoms with Crippen molar-refractivity contribution in [2.24, 2.45) is 0 Å². The van der Waals surface area contributed by atoms with Gasteiger partial charge in [0.25, 0.3) is 0 Å². The second-order valence-electron chi connectivity index (χ2n) is 8.27. The number of rotatable bonds is 12. The van der Waals surface area contributed by atoms with Crippen molar-refractivity contribution in [1.82, 2.24) is 19.9 Å². The van der Waals surface area contributed by atoms with Crippen LogP contribution < -0.4 is 9.47 Å². The van der Waals surface area contributed by atoms with Crippen molar-refractivity contribution in [3.05, 3.63) is 41.2 Å². The standard InChI is InChI=1S/C14H18N2O3S.C8H8N2OS.C6H11BrO2.BrH/c1-3-19-13(17)5-4-8-20-14-15-11-7-6-10(18-2)9-12(11)16-14;1-11-5-2-3-6-7(4-5)10-8(12)9-6;1-2-9-6(8)4-3-5-7;/h6-7,9H,3-5,8H2,1-2H3,(H,15,16);2-4H,1H3,(H2,9,10,12);2-5H2,1H3;1H. The first-order valence-electron chi connectivity index (χ1n) is 13.1. The van der Waals surface area contributed by atoms with Crippen LogP contribution in [0.25, 0.3) is 22.1 Å². The van der Waals surface area contributed by atoms with Crippen molar-refractivity contribution in [2.45, 2.75) is 44.7 Å². The number of carbonyl (C=O) groups is 2. The molecule has 232 valence electrons. The lowest BCUT2D eigenvalue weighted by molar-refractivity contribution is -0.144. The molecule has 0 amide bonds. The number of methoxy groups -OCH3 is 2. The second-order valence-corrected chi connectivity index (χ2v) is 10.6. The Labute approximate surface area is 273 Å². The summed E-state index contributed by atoms with van der Waals surface area (Å²) in [7, 11) is 3.28. The summed E-state index contributed by atoms with van der Waals surface area (Å²) < 4.78 is 20.4. The molecular weight excluding hydrogens is 712 g/mol. The molecule has 0 unspecified atom stereocenters. The smallest absolute Gasteiger partial charge is 0.305 e. The summed E-state index contributed by atoms with van der Waals surface area (Å²) in [6.45, 7) is 4.56. The number of aromatic nitrogens is 4. The number of alkyl halides is 1. The van der Waals surface area contributed by atoms with Crippen molar-refractivity contribution in [3.63, 3.8) is 0 Å². The second kappa shape index (κ2) is 21.2. The minimum Gasteiger partial charge on any atom is -0.497 e. The van der Waals surface area contributed by atoms with Gasteiger partial charge in [0, 0.05) is 36.1 Å². The van der Waals surface area contributed by atoms with E-state index in [0.717, 1.165) is 62.6 Å². The van der Waals surface area contributed by atoms with E-state index in [2.05, 4.69) is 40.6 Å². The highest BCUT2D eigenvalue weighted by molar-refractivity contribution is 9.09. The Morgan fingerprint density at radius 2 is 1.43 bits per heavy atom. The quantitative estimate of drug-likeness (QED) is 0.0442. The minimum absolute atomic E-state index is 0. The maximum Gasteiger partial charge on any atom is 0.305 e. The maximum atomic E-state index is 11.2. The zero-order valence-electron chi connectivity index (χ0n) is 24.1. The predicted octanol–water partition coefficient (Wildman–Crippen LogP) is 7.54. The van der Waals surface area contributed by atoms with Crippen LogP contribution in [0.1, 0.15) is 39.5 Å². The molecule has 2 aromatic carbocycles. The number of fused-ring (bicyclic) bond motifs is 2.